The third kappa shape index (κ3) is 1.76. The van der Waals surface area contributed by atoms with E-state index in [-0.39, 0.29) is 0 Å². The van der Waals surface area contributed by atoms with Crippen molar-refractivity contribution in [1.29, 1.82) is 0 Å². The Hall–Kier alpha value is -1.54. The standard InChI is InChI=1S/C14H17NO/c1-9-6-10(2)14(11(3)7-9)12-4-5-16-13(12)8-15/h4-7H,8,15H2,1-3H3. The van der Waals surface area contributed by atoms with E-state index in [2.05, 4.69) is 32.9 Å². The van der Waals surface area contributed by atoms with Crippen LogP contribution in [0.2, 0.25) is 0 Å². The Morgan fingerprint density at radius 3 is 2.31 bits per heavy atom. The first-order chi connectivity index (χ1) is 7.63. The molecule has 0 bridgehead atoms. The summed E-state index contributed by atoms with van der Waals surface area (Å²) in [6, 6.07) is 6.37. The van der Waals surface area contributed by atoms with Gasteiger partial charge in [0.15, 0.2) is 0 Å². The van der Waals surface area contributed by atoms with Crippen molar-refractivity contribution in [2.45, 2.75) is 27.3 Å². The number of rotatable bonds is 2. The maximum Gasteiger partial charge on any atom is 0.125 e. The molecule has 0 fully saturated rings. The van der Waals surface area contributed by atoms with Crippen molar-refractivity contribution in [1.82, 2.24) is 0 Å². The number of furan rings is 1. The monoisotopic (exact) mass is 215 g/mol. The molecule has 0 spiro atoms. The molecule has 0 aliphatic carbocycles. The van der Waals surface area contributed by atoms with Crippen molar-refractivity contribution in [2.75, 3.05) is 0 Å². The number of hydrogen-bond acceptors (Lipinski definition) is 2. The highest BCUT2D eigenvalue weighted by molar-refractivity contribution is 5.72. The third-order valence-electron chi connectivity index (χ3n) is 2.88. The molecule has 2 heteroatoms. The van der Waals surface area contributed by atoms with Crippen molar-refractivity contribution in [3.05, 3.63) is 46.9 Å². The molecule has 84 valence electrons. The number of nitrogens with two attached hydrogens (primary N) is 1. The van der Waals surface area contributed by atoms with Crippen molar-refractivity contribution >= 4 is 0 Å². The van der Waals surface area contributed by atoms with E-state index in [1.165, 1.54) is 22.3 Å². The molecule has 0 unspecified atom stereocenters. The number of benzene rings is 1. The summed E-state index contributed by atoms with van der Waals surface area (Å²) in [5.41, 5.74) is 11.9. The summed E-state index contributed by atoms with van der Waals surface area (Å²) in [5, 5.41) is 0. The summed E-state index contributed by atoms with van der Waals surface area (Å²) in [6.07, 6.45) is 1.70. The normalized spacial score (nSPS) is 10.8. The first kappa shape index (κ1) is 11.0. The van der Waals surface area contributed by atoms with Gasteiger partial charge in [-0.1, -0.05) is 17.7 Å². The van der Waals surface area contributed by atoms with E-state index in [9.17, 15) is 0 Å². The fraction of sp³-hybridized carbons (Fsp3) is 0.286. The lowest BCUT2D eigenvalue weighted by Gasteiger charge is -2.10. The van der Waals surface area contributed by atoms with E-state index in [4.69, 9.17) is 10.2 Å². The predicted octanol–water partition coefficient (Wildman–Crippen LogP) is 3.33. The van der Waals surface area contributed by atoms with E-state index < -0.39 is 0 Å². The number of hydrogen-bond donors (Lipinski definition) is 1. The van der Waals surface area contributed by atoms with Crippen LogP contribution in [0.15, 0.2) is 28.9 Å². The Morgan fingerprint density at radius 2 is 1.75 bits per heavy atom. The van der Waals surface area contributed by atoms with Gasteiger partial charge in [0.1, 0.15) is 5.76 Å². The summed E-state index contributed by atoms with van der Waals surface area (Å²) < 4.78 is 5.38. The fourth-order valence-corrected chi connectivity index (χ4v) is 2.33. The van der Waals surface area contributed by atoms with Gasteiger partial charge >= 0.3 is 0 Å². The first-order valence-electron chi connectivity index (χ1n) is 5.48. The molecule has 16 heavy (non-hydrogen) atoms. The highest BCUT2D eigenvalue weighted by Gasteiger charge is 2.12. The van der Waals surface area contributed by atoms with Gasteiger partial charge in [-0.3, -0.25) is 0 Å². The van der Waals surface area contributed by atoms with E-state index in [0.29, 0.717) is 6.54 Å². The summed E-state index contributed by atoms with van der Waals surface area (Å²) in [6.45, 7) is 6.81. The van der Waals surface area contributed by atoms with Crippen LogP contribution in [-0.4, -0.2) is 0 Å². The second-order valence-electron chi connectivity index (χ2n) is 4.24. The van der Waals surface area contributed by atoms with Gasteiger partial charge in [-0.05, 0) is 43.5 Å². The lowest BCUT2D eigenvalue weighted by Crippen LogP contribution is -1.98. The average Bonchev–Trinajstić information content (AvgIpc) is 2.64. The molecular weight excluding hydrogens is 198 g/mol. The van der Waals surface area contributed by atoms with Gasteiger partial charge in [-0.15, -0.1) is 0 Å². The van der Waals surface area contributed by atoms with Crippen LogP contribution in [-0.2, 0) is 6.54 Å². The van der Waals surface area contributed by atoms with Crippen LogP contribution in [0.25, 0.3) is 11.1 Å². The van der Waals surface area contributed by atoms with Gasteiger partial charge in [0.05, 0.1) is 12.8 Å². The Morgan fingerprint density at radius 1 is 1.12 bits per heavy atom. The van der Waals surface area contributed by atoms with Crippen LogP contribution in [0.4, 0.5) is 0 Å². The second kappa shape index (κ2) is 4.14. The lowest BCUT2D eigenvalue weighted by atomic mass is 9.94. The Kier molecular flexibility index (Phi) is 2.84. The van der Waals surface area contributed by atoms with Gasteiger partial charge in [0.25, 0.3) is 0 Å². The largest absolute Gasteiger partial charge is 0.467 e. The zero-order valence-electron chi connectivity index (χ0n) is 10.0. The van der Waals surface area contributed by atoms with Crippen LogP contribution in [0.3, 0.4) is 0 Å². The molecule has 1 aromatic heterocycles. The first-order valence-corrected chi connectivity index (χ1v) is 5.48. The predicted molar refractivity (Wildman–Crippen MR) is 66.2 cm³/mol. The molecule has 0 radical (unpaired) electrons. The SMILES string of the molecule is Cc1cc(C)c(-c2ccoc2CN)c(C)c1. The van der Waals surface area contributed by atoms with Crippen molar-refractivity contribution in [3.8, 4) is 11.1 Å². The highest BCUT2D eigenvalue weighted by Crippen LogP contribution is 2.31. The minimum Gasteiger partial charge on any atom is -0.467 e. The molecule has 0 aliphatic rings. The van der Waals surface area contributed by atoms with E-state index >= 15 is 0 Å². The van der Waals surface area contributed by atoms with Crippen LogP contribution in [0.1, 0.15) is 22.5 Å². The van der Waals surface area contributed by atoms with Crippen molar-refractivity contribution in [3.63, 3.8) is 0 Å². The molecule has 0 amide bonds. The summed E-state index contributed by atoms with van der Waals surface area (Å²) in [5.74, 6) is 0.857. The molecule has 2 aromatic rings. The van der Waals surface area contributed by atoms with Crippen LogP contribution in [0.5, 0.6) is 0 Å². The molecule has 0 saturated carbocycles. The quantitative estimate of drug-likeness (QED) is 0.834. The average molecular weight is 215 g/mol. The third-order valence-corrected chi connectivity index (χ3v) is 2.88. The van der Waals surface area contributed by atoms with E-state index in [1.807, 2.05) is 6.07 Å². The van der Waals surface area contributed by atoms with Crippen LogP contribution >= 0.6 is 0 Å². The zero-order valence-corrected chi connectivity index (χ0v) is 10.0. The smallest absolute Gasteiger partial charge is 0.125 e. The zero-order chi connectivity index (χ0) is 11.7. The molecule has 0 aliphatic heterocycles. The molecule has 2 rings (SSSR count). The molecule has 0 saturated heterocycles. The molecule has 0 atom stereocenters. The van der Waals surface area contributed by atoms with E-state index in [0.717, 1.165) is 11.3 Å². The van der Waals surface area contributed by atoms with Gasteiger partial charge in [-0.25, -0.2) is 0 Å². The molecular formula is C14H17NO. The summed E-state index contributed by atoms with van der Waals surface area (Å²) >= 11 is 0. The summed E-state index contributed by atoms with van der Waals surface area (Å²) in [4.78, 5) is 0. The molecule has 1 heterocycles. The van der Waals surface area contributed by atoms with Gasteiger partial charge in [0.2, 0.25) is 0 Å². The Labute approximate surface area is 96.1 Å². The van der Waals surface area contributed by atoms with Crippen molar-refractivity contribution < 1.29 is 4.42 Å². The molecule has 2 N–H and O–H groups in total. The minimum absolute atomic E-state index is 0.440. The highest BCUT2D eigenvalue weighted by atomic mass is 16.3. The summed E-state index contributed by atoms with van der Waals surface area (Å²) in [7, 11) is 0. The lowest BCUT2D eigenvalue weighted by molar-refractivity contribution is 0.513. The van der Waals surface area contributed by atoms with Gasteiger partial charge in [0, 0.05) is 5.56 Å². The van der Waals surface area contributed by atoms with Crippen LogP contribution < -0.4 is 5.73 Å². The van der Waals surface area contributed by atoms with Gasteiger partial charge in [-0.2, -0.15) is 0 Å². The van der Waals surface area contributed by atoms with Crippen LogP contribution in [0, 0.1) is 20.8 Å². The second-order valence-corrected chi connectivity index (χ2v) is 4.24. The maximum atomic E-state index is 5.67. The fourth-order valence-electron chi connectivity index (χ4n) is 2.33. The molecule has 1 aromatic carbocycles. The molecule has 2 nitrogen and oxygen atoms in total. The van der Waals surface area contributed by atoms with Crippen molar-refractivity contribution in [2.24, 2.45) is 5.73 Å². The van der Waals surface area contributed by atoms with E-state index in [1.54, 1.807) is 6.26 Å². The Bertz CT molecular complexity index is 488. The maximum absolute atomic E-state index is 5.67. The Balaban J connectivity index is 2.64. The van der Waals surface area contributed by atoms with Gasteiger partial charge < -0.3 is 10.2 Å². The number of aryl methyl sites for hydroxylation is 3. The topological polar surface area (TPSA) is 39.2 Å². The minimum atomic E-state index is 0.440.